The molecule has 17 heavy (non-hydrogen) atoms. The van der Waals surface area contributed by atoms with Crippen LogP contribution in [0.3, 0.4) is 0 Å². The van der Waals surface area contributed by atoms with Gasteiger partial charge in [0.2, 0.25) is 0 Å². The third-order valence-electron chi connectivity index (χ3n) is 2.60. The van der Waals surface area contributed by atoms with Gasteiger partial charge >= 0.3 is 0 Å². The van der Waals surface area contributed by atoms with Crippen LogP contribution < -0.4 is 10.1 Å². The number of nitro benzene ring substituents is 1. The molecule has 1 aromatic carbocycles. The van der Waals surface area contributed by atoms with Gasteiger partial charge in [0.05, 0.1) is 11.0 Å². The lowest BCUT2D eigenvalue weighted by molar-refractivity contribution is -0.385. The molecular formula is C11H11N3O3. The Morgan fingerprint density at radius 2 is 2.41 bits per heavy atom. The molecule has 1 aliphatic heterocycles. The van der Waals surface area contributed by atoms with E-state index in [1.165, 1.54) is 12.1 Å². The summed E-state index contributed by atoms with van der Waals surface area (Å²) in [5.74, 6) is 0.435. The van der Waals surface area contributed by atoms with Crippen molar-refractivity contribution in [3.8, 4) is 11.8 Å². The fraction of sp³-hybridized carbons (Fsp3) is 0.364. The molecule has 0 saturated carbocycles. The first-order valence-corrected chi connectivity index (χ1v) is 5.26. The van der Waals surface area contributed by atoms with E-state index in [0.29, 0.717) is 5.75 Å². The number of hydrogen-bond donors (Lipinski definition) is 1. The van der Waals surface area contributed by atoms with Crippen LogP contribution in [0.4, 0.5) is 5.69 Å². The molecule has 1 atom stereocenters. The highest BCUT2D eigenvalue weighted by Gasteiger charge is 2.19. The van der Waals surface area contributed by atoms with Crippen LogP contribution in [0.15, 0.2) is 18.2 Å². The van der Waals surface area contributed by atoms with Gasteiger partial charge < -0.3 is 10.1 Å². The largest absolute Gasteiger partial charge is 0.489 e. The van der Waals surface area contributed by atoms with Gasteiger partial charge in [-0.25, -0.2) is 0 Å². The minimum absolute atomic E-state index is 0.0440. The molecular weight excluding hydrogens is 222 g/mol. The van der Waals surface area contributed by atoms with Gasteiger partial charge in [-0.2, -0.15) is 5.26 Å². The molecule has 1 heterocycles. The molecule has 1 aromatic rings. The zero-order valence-electron chi connectivity index (χ0n) is 9.05. The summed E-state index contributed by atoms with van der Waals surface area (Å²) in [6, 6.07) is 6.09. The van der Waals surface area contributed by atoms with Crippen molar-refractivity contribution in [1.29, 1.82) is 5.26 Å². The normalized spacial score (nSPS) is 18.6. The van der Waals surface area contributed by atoms with E-state index in [1.54, 1.807) is 12.1 Å². The van der Waals surface area contributed by atoms with Crippen LogP contribution in [0.2, 0.25) is 0 Å². The van der Waals surface area contributed by atoms with Crippen molar-refractivity contribution in [2.24, 2.45) is 0 Å². The Balaban J connectivity index is 2.21. The predicted octanol–water partition coefficient (Wildman–Crippen LogP) is 1.21. The average Bonchev–Trinajstić information content (AvgIpc) is 2.81. The maximum atomic E-state index is 10.8. The molecule has 0 bridgehead atoms. The van der Waals surface area contributed by atoms with Crippen LogP contribution in [0.25, 0.3) is 0 Å². The van der Waals surface area contributed by atoms with Crippen LogP contribution in [0, 0.1) is 21.4 Å². The van der Waals surface area contributed by atoms with E-state index in [4.69, 9.17) is 10.00 Å². The first-order valence-electron chi connectivity index (χ1n) is 5.26. The van der Waals surface area contributed by atoms with Gasteiger partial charge in [-0.3, -0.25) is 10.1 Å². The van der Waals surface area contributed by atoms with Gasteiger partial charge in [-0.1, -0.05) is 0 Å². The summed E-state index contributed by atoms with van der Waals surface area (Å²) in [5.41, 5.74) is -0.164. The summed E-state index contributed by atoms with van der Waals surface area (Å²) in [5, 5.41) is 22.6. The Labute approximate surface area is 98.0 Å². The van der Waals surface area contributed by atoms with E-state index in [9.17, 15) is 10.1 Å². The highest BCUT2D eigenvalue weighted by Crippen LogP contribution is 2.25. The molecule has 1 N–H and O–H groups in total. The van der Waals surface area contributed by atoms with Gasteiger partial charge in [0.25, 0.3) is 5.69 Å². The third kappa shape index (κ3) is 2.52. The monoisotopic (exact) mass is 233 g/mol. The molecule has 6 nitrogen and oxygen atoms in total. The number of benzene rings is 1. The molecule has 0 spiro atoms. The number of rotatable bonds is 3. The SMILES string of the molecule is N#Cc1ccc(OC2CCNC2)cc1[N+](=O)[O-]. The van der Waals surface area contributed by atoms with E-state index < -0.39 is 4.92 Å². The Morgan fingerprint density at radius 3 is 3.00 bits per heavy atom. The first-order chi connectivity index (χ1) is 8.20. The van der Waals surface area contributed by atoms with Crippen LogP contribution in [-0.4, -0.2) is 24.1 Å². The van der Waals surface area contributed by atoms with E-state index in [-0.39, 0.29) is 17.4 Å². The third-order valence-corrected chi connectivity index (χ3v) is 2.60. The van der Waals surface area contributed by atoms with Crippen LogP contribution in [-0.2, 0) is 0 Å². The van der Waals surface area contributed by atoms with Crippen molar-refractivity contribution < 1.29 is 9.66 Å². The summed E-state index contributed by atoms with van der Waals surface area (Å²) in [6.45, 7) is 1.64. The van der Waals surface area contributed by atoms with E-state index >= 15 is 0 Å². The molecule has 0 radical (unpaired) electrons. The van der Waals surface area contributed by atoms with Gasteiger partial charge in [0, 0.05) is 6.54 Å². The molecule has 0 aliphatic carbocycles. The summed E-state index contributed by atoms with van der Waals surface area (Å²) in [7, 11) is 0. The summed E-state index contributed by atoms with van der Waals surface area (Å²) < 4.78 is 5.59. The summed E-state index contributed by atoms with van der Waals surface area (Å²) in [6.07, 6.45) is 0.927. The van der Waals surface area contributed by atoms with Gasteiger partial charge in [0.15, 0.2) is 0 Å². The zero-order valence-corrected chi connectivity index (χ0v) is 9.05. The van der Waals surface area contributed by atoms with Crippen LogP contribution in [0.1, 0.15) is 12.0 Å². The molecule has 2 rings (SSSR count). The second-order valence-electron chi connectivity index (χ2n) is 3.78. The highest BCUT2D eigenvalue weighted by molar-refractivity contribution is 5.52. The Kier molecular flexibility index (Phi) is 3.21. The van der Waals surface area contributed by atoms with Crippen molar-refractivity contribution >= 4 is 5.69 Å². The standard InChI is InChI=1S/C11H11N3O3/c12-6-8-1-2-9(5-11(8)14(15)16)17-10-3-4-13-7-10/h1-2,5,10,13H,3-4,7H2. The molecule has 88 valence electrons. The molecule has 1 fully saturated rings. The summed E-state index contributed by atoms with van der Waals surface area (Å²) >= 11 is 0. The van der Waals surface area contributed by atoms with Crippen molar-refractivity contribution in [2.75, 3.05) is 13.1 Å². The molecule has 0 aromatic heterocycles. The number of nitrogens with one attached hydrogen (secondary N) is 1. The maximum Gasteiger partial charge on any atom is 0.290 e. The smallest absolute Gasteiger partial charge is 0.290 e. The first kappa shape index (κ1) is 11.4. The van der Waals surface area contributed by atoms with E-state index in [2.05, 4.69) is 5.32 Å². The Hall–Kier alpha value is -2.13. The average molecular weight is 233 g/mol. The zero-order chi connectivity index (χ0) is 12.3. The second kappa shape index (κ2) is 4.80. The lowest BCUT2D eigenvalue weighted by Gasteiger charge is -2.12. The van der Waals surface area contributed by atoms with Crippen molar-refractivity contribution in [1.82, 2.24) is 5.32 Å². The van der Waals surface area contributed by atoms with Gasteiger partial charge in [0.1, 0.15) is 23.5 Å². The number of nitro groups is 1. The topological polar surface area (TPSA) is 88.2 Å². The molecule has 1 saturated heterocycles. The fourth-order valence-electron chi connectivity index (χ4n) is 1.75. The quantitative estimate of drug-likeness (QED) is 0.626. The molecule has 1 aliphatic rings. The van der Waals surface area contributed by atoms with Crippen molar-refractivity contribution in [2.45, 2.75) is 12.5 Å². The highest BCUT2D eigenvalue weighted by atomic mass is 16.6. The Bertz CT molecular complexity index is 475. The number of hydrogen-bond acceptors (Lipinski definition) is 5. The summed E-state index contributed by atoms with van der Waals surface area (Å²) in [4.78, 5) is 10.2. The number of nitriles is 1. The second-order valence-corrected chi connectivity index (χ2v) is 3.78. The maximum absolute atomic E-state index is 10.8. The lowest BCUT2D eigenvalue weighted by Crippen LogP contribution is -2.19. The Morgan fingerprint density at radius 1 is 1.59 bits per heavy atom. The number of nitrogens with zero attached hydrogens (tertiary/aromatic N) is 2. The van der Waals surface area contributed by atoms with Crippen LogP contribution >= 0.6 is 0 Å². The minimum atomic E-state index is -0.571. The fourth-order valence-corrected chi connectivity index (χ4v) is 1.75. The van der Waals surface area contributed by atoms with Crippen molar-refractivity contribution in [3.63, 3.8) is 0 Å². The number of ether oxygens (including phenoxy) is 1. The molecule has 1 unspecified atom stereocenters. The molecule has 0 amide bonds. The van der Waals surface area contributed by atoms with Crippen molar-refractivity contribution in [3.05, 3.63) is 33.9 Å². The van der Waals surface area contributed by atoms with Gasteiger partial charge in [-0.05, 0) is 25.1 Å². The van der Waals surface area contributed by atoms with Gasteiger partial charge in [-0.15, -0.1) is 0 Å². The lowest BCUT2D eigenvalue weighted by atomic mass is 10.2. The van der Waals surface area contributed by atoms with E-state index in [1.807, 2.05) is 0 Å². The minimum Gasteiger partial charge on any atom is -0.489 e. The van der Waals surface area contributed by atoms with E-state index in [0.717, 1.165) is 19.5 Å². The van der Waals surface area contributed by atoms with Crippen LogP contribution in [0.5, 0.6) is 5.75 Å². The molecule has 6 heteroatoms. The predicted molar refractivity (Wildman–Crippen MR) is 59.7 cm³/mol.